The predicted octanol–water partition coefficient (Wildman–Crippen LogP) is 1.21. The molecule has 1 aromatic carbocycles. The number of hydrogen-bond donors (Lipinski definition) is 3. The molecule has 0 radical (unpaired) electrons. The van der Waals surface area contributed by atoms with Crippen LogP contribution in [-0.4, -0.2) is 24.2 Å². The molecule has 1 atom stereocenters. The molecule has 17 heavy (non-hydrogen) atoms. The van der Waals surface area contributed by atoms with Crippen molar-refractivity contribution in [1.82, 2.24) is 10.6 Å². The third-order valence-electron chi connectivity index (χ3n) is 2.06. The summed E-state index contributed by atoms with van der Waals surface area (Å²) in [5.41, 5.74) is 6.39. The van der Waals surface area contributed by atoms with E-state index in [2.05, 4.69) is 10.6 Å². The van der Waals surface area contributed by atoms with Gasteiger partial charge in [-0.3, -0.25) is 10.1 Å². The standard InChI is InChI=1S/C11H15N3O2S/c1-7(10(15)14-11(16)13-2)17-9-6-4-3-5-8(9)12/h3-7H,12H2,1-2H3,(H2,13,14,15,16). The highest BCUT2D eigenvalue weighted by molar-refractivity contribution is 8.00. The van der Waals surface area contributed by atoms with E-state index >= 15 is 0 Å². The monoisotopic (exact) mass is 253 g/mol. The Balaban J connectivity index is 2.60. The van der Waals surface area contributed by atoms with Gasteiger partial charge in [-0.2, -0.15) is 0 Å². The van der Waals surface area contributed by atoms with Gasteiger partial charge in [0.05, 0.1) is 5.25 Å². The van der Waals surface area contributed by atoms with Gasteiger partial charge in [-0.15, -0.1) is 11.8 Å². The molecule has 6 heteroatoms. The van der Waals surface area contributed by atoms with Crippen molar-refractivity contribution in [2.75, 3.05) is 12.8 Å². The van der Waals surface area contributed by atoms with Crippen LogP contribution in [0.3, 0.4) is 0 Å². The van der Waals surface area contributed by atoms with E-state index in [9.17, 15) is 9.59 Å². The quantitative estimate of drug-likeness (QED) is 0.558. The topological polar surface area (TPSA) is 84.2 Å². The molecule has 92 valence electrons. The van der Waals surface area contributed by atoms with Crippen molar-refractivity contribution >= 4 is 29.4 Å². The van der Waals surface area contributed by atoms with Crippen molar-refractivity contribution in [3.8, 4) is 0 Å². The Morgan fingerprint density at radius 3 is 2.59 bits per heavy atom. The number of hydrogen-bond acceptors (Lipinski definition) is 4. The molecule has 4 N–H and O–H groups in total. The SMILES string of the molecule is CNC(=O)NC(=O)C(C)Sc1ccccc1N. The van der Waals surface area contributed by atoms with Crippen molar-refractivity contribution in [3.05, 3.63) is 24.3 Å². The molecular weight excluding hydrogens is 238 g/mol. The van der Waals surface area contributed by atoms with Gasteiger partial charge in [0.25, 0.3) is 0 Å². The third kappa shape index (κ3) is 3.99. The molecule has 0 aliphatic rings. The first-order valence-corrected chi connectivity index (χ1v) is 5.96. The first-order valence-electron chi connectivity index (χ1n) is 5.08. The average molecular weight is 253 g/mol. The summed E-state index contributed by atoms with van der Waals surface area (Å²) in [6.45, 7) is 1.72. The lowest BCUT2D eigenvalue weighted by Gasteiger charge is -2.12. The number of thioether (sulfide) groups is 1. The van der Waals surface area contributed by atoms with Crippen LogP contribution in [0.5, 0.6) is 0 Å². The van der Waals surface area contributed by atoms with Crippen LogP contribution < -0.4 is 16.4 Å². The maximum Gasteiger partial charge on any atom is 0.321 e. The molecule has 0 aromatic heterocycles. The van der Waals surface area contributed by atoms with E-state index in [1.54, 1.807) is 13.0 Å². The van der Waals surface area contributed by atoms with E-state index in [1.807, 2.05) is 18.2 Å². The lowest BCUT2D eigenvalue weighted by atomic mass is 10.3. The van der Waals surface area contributed by atoms with Crippen molar-refractivity contribution < 1.29 is 9.59 Å². The van der Waals surface area contributed by atoms with Gasteiger partial charge >= 0.3 is 6.03 Å². The number of imide groups is 1. The minimum Gasteiger partial charge on any atom is -0.398 e. The van der Waals surface area contributed by atoms with Crippen molar-refractivity contribution in [2.24, 2.45) is 0 Å². The summed E-state index contributed by atoms with van der Waals surface area (Å²) in [6.07, 6.45) is 0. The second-order valence-electron chi connectivity index (χ2n) is 3.37. The lowest BCUT2D eigenvalue weighted by molar-refractivity contribution is -0.119. The van der Waals surface area contributed by atoms with Crippen LogP contribution in [0, 0.1) is 0 Å². The Labute approximate surface area is 104 Å². The molecule has 0 heterocycles. The number of amides is 3. The molecule has 0 spiro atoms. The molecule has 0 fully saturated rings. The van der Waals surface area contributed by atoms with E-state index in [1.165, 1.54) is 18.8 Å². The number of para-hydroxylation sites is 1. The van der Waals surface area contributed by atoms with Crippen LogP contribution in [0.1, 0.15) is 6.92 Å². The smallest absolute Gasteiger partial charge is 0.321 e. The molecule has 0 bridgehead atoms. The highest BCUT2D eigenvalue weighted by Gasteiger charge is 2.17. The first-order chi connectivity index (χ1) is 8.04. The normalized spacial score (nSPS) is 11.6. The van der Waals surface area contributed by atoms with Crippen LogP contribution in [0.25, 0.3) is 0 Å². The maximum absolute atomic E-state index is 11.6. The summed E-state index contributed by atoms with van der Waals surface area (Å²) >= 11 is 1.31. The Kier molecular flexibility index (Phi) is 4.84. The van der Waals surface area contributed by atoms with Crippen molar-refractivity contribution in [3.63, 3.8) is 0 Å². The summed E-state index contributed by atoms with van der Waals surface area (Å²) in [6, 6.07) is 6.77. The number of anilines is 1. The van der Waals surface area contributed by atoms with Gasteiger partial charge in [0.1, 0.15) is 0 Å². The van der Waals surface area contributed by atoms with Gasteiger partial charge in [0, 0.05) is 17.6 Å². The average Bonchev–Trinajstić information content (AvgIpc) is 2.31. The molecule has 1 rings (SSSR count). The second kappa shape index (κ2) is 6.15. The van der Waals surface area contributed by atoms with E-state index in [-0.39, 0.29) is 5.91 Å². The summed E-state index contributed by atoms with van der Waals surface area (Å²) in [4.78, 5) is 23.4. The van der Waals surface area contributed by atoms with E-state index in [0.717, 1.165) is 4.90 Å². The Hall–Kier alpha value is -1.69. The van der Waals surface area contributed by atoms with E-state index in [4.69, 9.17) is 5.73 Å². The van der Waals surface area contributed by atoms with E-state index < -0.39 is 11.3 Å². The van der Waals surface area contributed by atoms with Crippen LogP contribution in [0.2, 0.25) is 0 Å². The minimum absolute atomic E-state index is 0.349. The number of nitrogens with one attached hydrogen (secondary N) is 2. The molecular formula is C11H15N3O2S. The fourth-order valence-corrected chi connectivity index (χ4v) is 2.02. The molecule has 5 nitrogen and oxygen atoms in total. The zero-order valence-electron chi connectivity index (χ0n) is 9.69. The van der Waals surface area contributed by atoms with Gasteiger partial charge < -0.3 is 11.1 Å². The number of benzene rings is 1. The molecule has 1 aromatic rings. The lowest BCUT2D eigenvalue weighted by Crippen LogP contribution is -2.41. The molecule has 0 saturated heterocycles. The summed E-state index contributed by atoms with van der Waals surface area (Å²) in [5.74, 6) is -0.349. The molecule has 0 aliphatic heterocycles. The third-order valence-corrected chi connectivity index (χ3v) is 3.25. The first kappa shape index (κ1) is 13.4. The van der Waals surface area contributed by atoms with Crippen LogP contribution in [0.15, 0.2) is 29.2 Å². The van der Waals surface area contributed by atoms with Crippen molar-refractivity contribution in [2.45, 2.75) is 17.1 Å². The Bertz CT molecular complexity index is 423. The maximum atomic E-state index is 11.6. The Morgan fingerprint density at radius 1 is 1.35 bits per heavy atom. The molecule has 3 amide bonds. The largest absolute Gasteiger partial charge is 0.398 e. The minimum atomic E-state index is -0.511. The molecule has 0 aliphatic carbocycles. The van der Waals surface area contributed by atoms with Crippen LogP contribution in [-0.2, 0) is 4.79 Å². The van der Waals surface area contributed by atoms with Crippen LogP contribution in [0.4, 0.5) is 10.5 Å². The van der Waals surface area contributed by atoms with Gasteiger partial charge in [-0.25, -0.2) is 4.79 Å². The van der Waals surface area contributed by atoms with Crippen LogP contribution >= 0.6 is 11.8 Å². The van der Waals surface area contributed by atoms with E-state index in [0.29, 0.717) is 5.69 Å². The number of nitrogens with two attached hydrogens (primary N) is 1. The summed E-state index contributed by atoms with van der Waals surface area (Å²) in [7, 11) is 1.45. The second-order valence-corrected chi connectivity index (χ2v) is 4.75. The van der Waals surface area contributed by atoms with Crippen molar-refractivity contribution in [1.29, 1.82) is 0 Å². The fraction of sp³-hybridized carbons (Fsp3) is 0.273. The highest BCUT2D eigenvalue weighted by Crippen LogP contribution is 2.28. The van der Waals surface area contributed by atoms with Gasteiger partial charge in [-0.1, -0.05) is 12.1 Å². The number of carbonyl (C=O) groups excluding carboxylic acids is 2. The number of rotatable bonds is 3. The number of nitrogen functional groups attached to an aromatic ring is 1. The van der Waals surface area contributed by atoms with Gasteiger partial charge in [-0.05, 0) is 19.1 Å². The number of carbonyl (C=O) groups is 2. The molecule has 1 unspecified atom stereocenters. The van der Waals surface area contributed by atoms with Gasteiger partial charge in [0.15, 0.2) is 0 Å². The number of urea groups is 1. The zero-order valence-corrected chi connectivity index (χ0v) is 10.5. The zero-order chi connectivity index (χ0) is 12.8. The highest BCUT2D eigenvalue weighted by atomic mass is 32.2. The van der Waals surface area contributed by atoms with Gasteiger partial charge in [0.2, 0.25) is 5.91 Å². The summed E-state index contributed by atoms with van der Waals surface area (Å²) in [5, 5.41) is 4.15. The fourth-order valence-electron chi connectivity index (χ4n) is 1.11. The Morgan fingerprint density at radius 2 is 2.00 bits per heavy atom. The molecule has 0 saturated carbocycles. The predicted molar refractivity (Wildman–Crippen MR) is 68.8 cm³/mol. The summed E-state index contributed by atoms with van der Waals surface area (Å²) < 4.78 is 0.